The lowest BCUT2D eigenvalue weighted by molar-refractivity contribution is 0.431. The van der Waals surface area contributed by atoms with Crippen LogP contribution >= 0.6 is 0 Å². The number of rotatable bonds is 2. The smallest absolute Gasteiger partial charge is 0.260 e. The molecule has 6 nitrogen and oxygen atoms in total. The van der Waals surface area contributed by atoms with Crippen LogP contribution in [0.25, 0.3) is 23.0 Å². The first-order valence-electron chi connectivity index (χ1n) is 5.63. The average molecular weight is 277 g/mol. The second-order valence-corrected chi connectivity index (χ2v) is 4.15. The lowest BCUT2D eigenvalue weighted by Crippen LogP contribution is -1.95. The summed E-state index contributed by atoms with van der Waals surface area (Å²) in [6.07, 6.45) is 1.72. The van der Waals surface area contributed by atoms with Gasteiger partial charge in [-0.1, -0.05) is 5.16 Å². The second-order valence-electron chi connectivity index (χ2n) is 4.15. The lowest BCUT2D eigenvalue weighted by atomic mass is 10.1. The Kier molecular flexibility index (Phi) is 2.70. The van der Waals surface area contributed by atoms with E-state index in [-0.39, 0.29) is 23.0 Å². The molecule has 0 aliphatic heterocycles. The second kappa shape index (κ2) is 4.41. The monoisotopic (exact) mass is 277 g/mol. The molecule has 0 spiro atoms. The van der Waals surface area contributed by atoms with Crippen LogP contribution in [0.15, 0.2) is 28.9 Å². The van der Waals surface area contributed by atoms with E-state index in [1.54, 1.807) is 24.0 Å². The molecule has 2 aromatic heterocycles. The van der Waals surface area contributed by atoms with E-state index in [0.29, 0.717) is 5.69 Å². The highest BCUT2D eigenvalue weighted by Crippen LogP contribution is 2.28. The molecule has 2 heterocycles. The molecule has 3 rings (SSSR count). The van der Waals surface area contributed by atoms with Crippen LogP contribution in [-0.4, -0.2) is 19.9 Å². The number of nitrogens with two attached hydrogens (primary N) is 1. The van der Waals surface area contributed by atoms with Gasteiger partial charge in [0, 0.05) is 25.0 Å². The van der Waals surface area contributed by atoms with Crippen LogP contribution in [0.4, 0.5) is 14.5 Å². The molecule has 0 radical (unpaired) electrons. The summed E-state index contributed by atoms with van der Waals surface area (Å²) in [6.45, 7) is 0. The quantitative estimate of drug-likeness (QED) is 0.724. The number of nitrogens with zero attached hydrogens (tertiary/aromatic N) is 4. The minimum Gasteiger partial charge on any atom is -0.398 e. The zero-order chi connectivity index (χ0) is 14.3. The predicted molar refractivity (Wildman–Crippen MR) is 66.3 cm³/mol. The van der Waals surface area contributed by atoms with Gasteiger partial charge < -0.3 is 10.3 Å². The fourth-order valence-electron chi connectivity index (χ4n) is 1.72. The Labute approximate surface area is 111 Å². The Bertz CT molecular complexity index is 780. The third-order valence-corrected chi connectivity index (χ3v) is 2.69. The average Bonchev–Trinajstić information content (AvgIpc) is 3.02. The molecule has 0 aliphatic rings. The van der Waals surface area contributed by atoms with Crippen molar-refractivity contribution in [1.29, 1.82) is 0 Å². The summed E-state index contributed by atoms with van der Waals surface area (Å²) in [7, 11) is 1.75. The number of benzene rings is 1. The molecule has 0 fully saturated rings. The summed E-state index contributed by atoms with van der Waals surface area (Å²) in [6, 6.07) is 3.49. The maximum Gasteiger partial charge on any atom is 0.260 e. The zero-order valence-corrected chi connectivity index (χ0v) is 10.3. The highest BCUT2D eigenvalue weighted by atomic mass is 19.2. The van der Waals surface area contributed by atoms with E-state index >= 15 is 0 Å². The van der Waals surface area contributed by atoms with Gasteiger partial charge in [-0.25, -0.2) is 8.78 Å². The molecule has 0 bridgehead atoms. The Morgan fingerprint density at radius 1 is 1.25 bits per heavy atom. The van der Waals surface area contributed by atoms with Crippen molar-refractivity contribution in [2.75, 3.05) is 5.73 Å². The van der Waals surface area contributed by atoms with Gasteiger partial charge in [-0.15, -0.1) is 0 Å². The van der Waals surface area contributed by atoms with Crippen LogP contribution in [0.5, 0.6) is 0 Å². The molecule has 0 amide bonds. The molecule has 0 unspecified atom stereocenters. The molecule has 20 heavy (non-hydrogen) atoms. The van der Waals surface area contributed by atoms with Crippen LogP contribution < -0.4 is 5.73 Å². The summed E-state index contributed by atoms with van der Waals surface area (Å²) < 4.78 is 32.8. The van der Waals surface area contributed by atoms with Crippen LogP contribution in [0.2, 0.25) is 0 Å². The summed E-state index contributed by atoms with van der Waals surface area (Å²) >= 11 is 0. The summed E-state index contributed by atoms with van der Waals surface area (Å²) in [5, 5.41) is 7.84. The normalized spacial score (nSPS) is 10.9. The molecule has 0 atom stereocenters. The molecule has 0 aliphatic carbocycles. The summed E-state index contributed by atoms with van der Waals surface area (Å²) in [4.78, 5) is 4.07. The van der Waals surface area contributed by atoms with E-state index in [0.717, 1.165) is 12.1 Å². The topological polar surface area (TPSA) is 82.8 Å². The van der Waals surface area contributed by atoms with Gasteiger partial charge in [0.25, 0.3) is 5.89 Å². The highest BCUT2D eigenvalue weighted by molar-refractivity contribution is 5.71. The number of aryl methyl sites for hydroxylation is 1. The lowest BCUT2D eigenvalue weighted by Gasteiger charge is -2.01. The minimum absolute atomic E-state index is 0.00190. The van der Waals surface area contributed by atoms with Crippen molar-refractivity contribution in [2.45, 2.75) is 0 Å². The van der Waals surface area contributed by atoms with Crippen LogP contribution in [0, 0.1) is 11.6 Å². The number of nitrogen functional groups attached to an aromatic ring is 1. The number of aromatic nitrogens is 4. The van der Waals surface area contributed by atoms with E-state index in [9.17, 15) is 8.78 Å². The number of halogens is 2. The Morgan fingerprint density at radius 2 is 2.00 bits per heavy atom. The molecular weight excluding hydrogens is 268 g/mol. The summed E-state index contributed by atoms with van der Waals surface area (Å²) in [5.74, 6) is -1.82. The van der Waals surface area contributed by atoms with Gasteiger partial charge >= 0.3 is 0 Å². The molecular formula is C12H9F2N5O. The zero-order valence-electron chi connectivity index (χ0n) is 10.3. The predicted octanol–water partition coefficient (Wildman–Crippen LogP) is 2.00. The van der Waals surface area contributed by atoms with Gasteiger partial charge in [-0.2, -0.15) is 10.1 Å². The first-order chi connectivity index (χ1) is 9.54. The van der Waals surface area contributed by atoms with Crippen LogP contribution in [0.1, 0.15) is 0 Å². The van der Waals surface area contributed by atoms with Crippen molar-refractivity contribution in [3.63, 3.8) is 0 Å². The van der Waals surface area contributed by atoms with Gasteiger partial charge in [-0.05, 0) is 12.1 Å². The summed E-state index contributed by atoms with van der Waals surface area (Å²) in [5.41, 5.74) is 6.28. The van der Waals surface area contributed by atoms with Crippen LogP contribution in [0.3, 0.4) is 0 Å². The van der Waals surface area contributed by atoms with Crippen LogP contribution in [-0.2, 0) is 7.05 Å². The fourth-order valence-corrected chi connectivity index (χ4v) is 1.72. The van der Waals surface area contributed by atoms with Gasteiger partial charge in [-0.3, -0.25) is 4.68 Å². The number of hydrogen-bond acceptors (Lipinski definition) is 5. The first kappa shape index (κ1) is 12.3. The van der Waals surface area contributed by atoms with Crippen molar-refractivity contribution in [2.24, 2.45) is 7.05 Å². The van der Waals surface area contributed by atoms with E-state index in [4.69, 9.17) is 10.3 Å². The molecule has 1 aromatic carbocycles. The van der Waals surface area contributed by atoms with Gasteiger partial charge in [0.15, 0.2) is 11.6 Å². The Morgan fingerprint density at radius 3 is 2.70 bits per heavy atom. The van der Waals surface area contributed by atoms with E-state index in [1.807, 2.05) is 0 Å². The van der Waals surface area contributed by atoms with Crippen molar-refractivity contribution in [1.82, 2.24) is 19.9 Å². The van der Waals surface area contributed by atoms with E-state index in [1.165, 1.54) is 0 Å². The van der Waals surface area contributed by atoms with Crippen molar-refractivity contribution < 1.29 is 13.3 Å². The molecule has 8 heteroatoms. The Hall–Kier alpha value is -2.77. The third-order valence-electron chi connectivity index (χ3n) is 2.69. The molecule has 2 N–H and O–H groups in total. The number of hydrogen-bond donors (Lipinski definition) is 1. The molecule has 3 aromatic rings. The van der Waals surface area contributed by atoms with E-state index < -0.39 is 11.6 Å². The fraction of sp³-hybridized carbons (Fsp3) is 0.0833. The largest absolute Gasteiger partial charge is 0.398 e. The molecule has 0 saturated carbocycles. The third kappa shape index (κ3) is 2.00. The van der Waals surface area contributed by atoms with Crippen molar-refractivity contribution in [3.8, 4) is 23.0 Å². The number of anilines is 1. The van der Waals surface area contributed by atoms with Crippen molar-refractivity contribution in [3.05, 3.63) is 36.0 Å². The first-order valence-corrected chi connectivity index (χ1v) is 5.63. The van der Waals surface area contributed by atoms with Gasteiger partial charge in [0.1, 0.15) is 5.69 Å². The SMILES string of the molecule is Cn1ccc(-c2noc(-c3cc(F)c(F)cc3N)n2)n1. The highest BCUT2D eigenvalue weighted by Gasteiger charge is 2.17. The maximum atomic E-state index is 13.2. The minimum atomic E-state index is -1.04. The standard InChI is InChI=1S/C12H9F2N5O/c1-19-3-2-10(17-19)11-16-12(20-18-11)6-4-7(13)8(14)5-9(6)15/h2-5H,15H2,1H3. The Balaban J connectivity index is 2.04. The van der Waals surface area contributed by atoms with E-state index in [2.05, 4.69) is 15.2 Å². The van der Waals surface area contributed by atoms with Crippen molar-refractivity contribution >= 4 is 5.69 Å². The van der Waals surface area contributed by atoms with Gasteiger partial charge in [0.2, 0.25) is 5.82 Å². The van der Waals surface area contributed by atoms with Gasteiger partial charge in [0.05, 0.1) is 5.56 Å². The molecule has 102 valence electrons. The maximum absolute atomic E-state index is 13.2. The molecule has 0 saturated heterocycles.